The summed E-state index contributed by atoms with van der Waals surface area (Å²) < 4.78 is 8.02. The number of nitrogens with one attached hydrogen (secondary N) is 1. The highest BCUT2D eigenvalue weighted by Gasteiger charge is 2.43. The highest BCUT2D eigenvalue weighted by Crippen LogP contribution is 2.31. The predicted octanol–water partition coefficient (Wildman–Crippen LogP) is -2.36. The van der Waals surface area contributed by atoms with Gasteiger partial charge in [-0.15, -0.1) is 0 Å². The second kappa shape index (κ2) is 4.56. The van der Waals surface area contributed by atoms with Crippen LogP contribution in [-0.4, -0.2) is 54.5 Å². The number of aliphatic hydroxyl groups excluding tert-OH is 3. The maximum Gasteiger partial charge on any atom is 0.164 e. The fourth-order valence-corrected chi connectivity index (χ4v) is 2.39. The van der Waals surface area contributed by atoms with Gasteiger partial charge in [0.25, 0.3) is 0 Å². The minimum absolute atomic E-state index is 0.0699. The Balaban J connectivity index is 2.08. The summed E-state index contributed by atoms with van der Waals surface area (Å²) in [5.74, 6) is 5.55. The number of rotatable bonds is 2. The molecule has 0 amide bonds. The number of nitrogens with two attached hydrogens (primary N) is 1. The van der Waals surface area contributed by atoms with Crippen LogP contribution in [0.5, 0.6) is 0 Å². The lowest BCUT2D eigenvalue weighted by Crippen LogP contribution is -2.33. The minimum atomic E-state index is -1.19. The lowest BCUT2D eigenvalue weighted by atomic mass is 10.1. The van der Waals surface area contributed by atoms with E-state index >= 15 is 0 Å². The minimum Gasteiger partial charge on any atom is -0.394 e. The molecule has 0 saturated carbocycles. The van der Waals surface area contributed by atoms with Gasteiger partial charge in [0.1, 0.15) is 30.3 Å². The fourth-order valence-electron chi connectivity index (χ4n) is 2.39. The molecule has 0 radical (unpaired) electrons. The topological polar surface area (TPSA) is 143 Å². The van der Waals surface area contributed by atoms with Crippen LogP contribution in [0.4, 0.5) is 0 Å². The molecule has 9 nitrogen and oxygen atoms in total. The summed E-state index contributed by atoms with van der Waals surface area (Å²) in [5, 5.41) is 37.2. The molecule has 6 N–H and O–H groups in total. The number of aromatic nitrogens is 3. The average molecular weight is 281 g/mol. The first-order valence-corrected chi connectivity index (χ1v) is 6.05. The molecule has 9 heteroatoms. The third-order valence-corrected chi connectivity index (χ3v) is 3.50. The number of nitrogens with zero attached hydrogens (tertiary/aromatic N) is 3. The molecule has 0 aliphatic carbocycles. The molecule has 2 aromatic rings. The molecule has 3 rings (SSSR count). The number of hydrogen-bond acceptors (Lipinski definition) is 7. The third-order valence-electron chi connectivity index (χ3n) is 3.50. The molecular weight excluding hydrogens is 266 g/mol. The van der Waals surface area contributed by atoms with Crippen LogP contribution < -0.4 is 11.3 Å². The van der Waals surface area contributed by atoms with Crippen molar-refractivity contribution >= 4 is 11.0 Å². The van der Waals surface area contributed by atoms with Crippen molar-refractivity contribution in [1.82, 2.24) is 14.2 Å². The summed E-state index contributed by atoms with van der Waals surface area (Å²) in [6.07, 6.45) is -1.23. The van der Waals surface area contributed by atoms with Crippen LogP contribution >= 0.6 is 0 Å². The van der Waals surface area contributed by atoms with Crippen molar-refractivity contribution < 1.29 is 20.1 Å². The van der Waals surface area contributed by atoms with Gasteiger partial charge in [-0.1, -0.05) is 0 Å². The second-order valence-electron chi connectivity index (χ2n) is 4.69. The van der Waals surface area contributed by atoms with Crippen molar-refractivity contribution in [2.45, 2.75) is 24.5 Å². The molecule has 0 spiro atoms. The largest absolute Gasteiger partial charge is 0.394 e. The summed E-state index contributed by atoms with van der Waals surface area (Å²) in [7, 11) is 0. The van der Waals surface area contributed by atoms with Crippen molar-refractivity contribution in [2.24, 2.45) is 0 Å². The highest BCUT2D eigenvalue weighted by atomic mass is 16.6. The normalized spacial score (nSPS) is 30.1. The van der Waals surface area contributed by atoms with Crippen LogP contribution in [-0.2, 0) is 4.74 Å². The van der Waals surface area contributed by atoms with Gasteiger partial charge in [0.15, 0.2) is 11.7 Å². The lowest BCUT2D eigenvalue weighted by Gasteiger charge is -2.17. The maximum absolute atomic E-state index is 10.0. The van der Waals surface area contributed by atoms with E-state index in [4.69, 9.17) is 21.1 Å². The molecule has 0 aromatic carbocycles. The Morgan fingerprint density at radius 2 is 2.15 bits per heavy atom. The van der Waals surface area contributed by atoms with Crippen molar-refractivity contribution in [1.29, 1.82) is 5.41 Å². The molecule has 1 fully saturated rings. The van der Waals surface area contributed by atoms with Gasteiger partial charge in [-0.05, 0) is 6.07 Å². The Morgan fingerprint density at radius 1 is 1.40 bits per heavy atom. The molecule has 0 unspecified atom stereocenters. The molecular formula is C11H15N5O4. The van der Waals surface area contributed by atoms with E-state index in [1.54, 1.807) is 12.3 Å². The van der Waals surface area contributed by atoms with Crippen LogP contribution in [0.3, 0.4) is 0 Å². The zero-order valence-electron chi connectivity index (χ0n) is 10.4. The highest BCUT2D eigenvalue weighted by molar-refractivity contribution is 5.74. The zero-order chi connectivity index (χ0) is 14.4. The standard InChI is InChI=1S/C11H15N5O4/c12-9-5-1-2-15(10(5)14-4-16(9)13)11-8(19)7(18)6(3-17)20-11/h1-2,4,6-8,11-12,17-19H,3,13H2/t6-,7-,8-,11-/m1/s1. The molecule has 0 bridgehead atoms. The van der Waals surface area contributed by atoms with E-state index in [9.17, 15) is 10.2 Å². The van der Waals surface area contributed by atoms with Crippen LogP contribution in [0.15, 0.2) is 18.6 Å². The van der Waals surface area contributed by atoms with Gasteiger partial charge in [-0.25, -0.2) is 9.66 Å². The van der Waals surface area contributed by atoms with Crippen molar-refractivity contribution in [2.75, 3.05) is 12.4 Å². The summed E-state index contributed by atoms with van der Waals surface area (Å²) in [6.45, 7) is -0.395. The molecule has 1 aliphatic heterocycles. The number of hydrogen-bond donors (Lipinski definition) is 5. The maximum atomic E-state index is 10.0. The summed E-state index contributed by atoms with van der Waals surface area (Å²) in [4.78, 5) is 4.10. The van der Waals surface area contributed by atoms with E-state index in [0.717, 1.165) is 4.68 Å². The van der Waals surface area contributed by atoms with E-state index < -0.39 is 31.1 Å². The van der Waals surface area contributed by atoms with E-state index in [0.29, 0.717) is 11.0 Å². The Kier molecular flexibility index (Phi) is 2.98. The van der Waals surface area contributed by atoms with Gasteiger partial charge in [0, 0.05) is 6.20 Å². The monoisotopic (exact) mass is 281 g/mol. The van der Waals surface area contributed by atoms with Crippen LogP contribution in [0.1, 0.15) is 6.23 Å². The van der Waals surface area contributed by atoms with Crippen molar-refractivity contribution in [3.8, 4) is 0 Å². The van der Waals surface area contributed by atoms with Crippen LogP contribution in [0.2, 0.25) is 0 Å². The Morgan fingerprint density at radius 3 is 2.80 bits per heavy atom. The lowest BCUT2D eigenvalue weighted by molar-refractivity contribution is -0.0508. The first-order chi connectivity index (χ1) is 9.54. The molecule has 4 atom stereocenters. The Labute approximate surface area is 112 Å². The van der Waals surface area contributed by atoms with E-state index in [2.05, 4.69) is 4.98 Å². The number of nitrogen functional groups attached to an aromatic ring is 1. The fraction of sp³-hybridized carbons (Fsp3) is 0.455. The van der Waals surface area contributed by atoms with Gasteiger partial charge in [0.05, 0.1) is 12.0 Å². The van der Waals surface area contributed by atoms with Gasteiger partial charge in [-0.2, -0.15) is 0 Å². The van der Waals surface area contributed by atoms with Gasteiger partial charge < -0.3 is 30.5 Å². The Bertz CT molecular complexity index is 696. The first-order valence-electron chi connectivity index (χ1n) is 6.05. The third kappa shape index (κ3) is 1.72. The van der Waals surface area contributed by atoms with Gasteiger partial charge in [0.2, 0.25) is 0 Å². The molecule has 3 heterocycles. The van der Waals surface area contributed by atoms with Crippen molar-refractivity contribution in [3.05, 3.63) is 24.1 Å². The van der Waals surface area contributed by atoms with E-state index in [1.165, 1.54) is 10.9 Å². The molecule has 2 aromatic heterocycles. The molecule has 20 heavy (non-hydrogen) atoms. The summed E-state index contributed by atoms with van der Waals surface area (Å²) in [5.41, 5.74) is 0.479. The number of aliphatic hydroxyl groups is 3. The molecule has 1 saturated heterocycles. The van der Waals surface area contributed by atoms with Gasteiger partial charge in [-0.3, -0.25) is 5.41 Å². The number of fused-ring (bicyclic) bond motifs is 1. The van der Waals surface area contributed by atoms with Crippen molar-refractivity contribution in [3.63, 3.8) is 0 Å². The number of ether oxygens (including phenoxy) is 1. The molecule has 108 valence electrons. The predicted molar refractivity (Wildman–Crippen MR) is 66.7 cm³/mol. The summed E-state index contributed by atoms with van der Waals surface area (Å²) in [6, 6.07) is 1.63. The zero-order valence-corrected chi connectivity index (χ0v) is 10.4. The van der Waals surface area contributed by atoms with Crippen LogP contribution in [0, 0.1) is 5.41 Å². The average Bonchev–Trinajstić information content (AvgIpc) is 2.98. The van der Waals surface area contributed by atoms with E-state index in [1.807, 2.05) is 0 Å². The van der Waals surface area contributed by atoms with Gasteiger partial charge >= 0.3 is 0 Å². The smallest absolute Gasteiger partial charge is 0.164 e. The van der Waals surface area contributed by atoms with Crippen LogP contribution in [0.25, 0.3) is 11.0 Å². The van der Waals surface area contributed by atoms with E-state index in [-0.39, 0.29) is 5.49 Å². The quantitative estimate of drug-likeness (QED) is 0.390. The Hall–Kier alpha value is -1.94. The second-order valence-corrected chi connectivity index (χ2v) is 4.69. The summed E-state index contributed by atoms with van der Waals surface area (Å²) >= 11 is 0. The first kappa shape index (κ1) is 13.1. The SMILES string of the molecule is N=c1c2ccn([C@@H]3O[C@H](CO)[C@@H](O)[C@H]3O)c2ncn1N. The molecule has 1 aliphatic rings.